The van der Waals surface area contributed by atoms with Gasteiger partial charge >= 0.3 is 0 Å². The first-order valence-electron chi connectivity index (χ1n) is 7.77. The van der Waals surface area contributed by atoms with Crippen LogP contribution in [0.25, 0.3) is 5.69 Å². The number of nitrogens with zero attached hydrogens (tertiary/aromatic N) is 4. The summed E-state index contributed by atoms with van der Waals surface area (Å²) in [6.07, 6.45) is 6.16. The van der Waals surface area contributed by atoms with Crippen LogP contribution in [0.4, 0.5) is 4.39 Å². The fraction of sp³-hybridized carbons (Fsp3) is 0.438. The molecule has 1 saturated heterocycles. The van der Waals surface area contributed by atoms with E-state index >= 15 is 0 Å². The van der Waals surface area contributed by atoms with Crippen molar-refractivity contribution in [1.29, 1.82) is 0 Å². The molecule has 0 spiro atoms. The van der Waals surface area contributed by atoms with Gasteiger partial charge < -0.3 is 10.0 Å². The van der Waals surface area contributed by atoms with Crippen LogP contribution >= 0.6 is 0 Å². The molecule has 122 valence electrons. The van der Waals surface area contributed by atoms with Crippen LogP contribution in [0.1, 0.15) is 36.0 Å². The first-order valence-corrected chi connectivity index (χ1v) is 7.77. The van der Waals surface area contributed by atoms with Gasteiger partial charge in [-0.05, 0) is 43.9 Å². The Morgan fingerprint density at radius 1 is 1.39 bits per heavy atom. The third-order valence-electron chi connectivity index (χ3n) is 4.21. The molecule has 1 aromatic heterocycles. The molecule has 3 rings (SSSR count). The van der Waals surface area contributed by atoms with Crippen molar-refractivity contribution in [3.05, 3.63) is 42.2 Å². The number of piperidine rings is 1. The number of benzene rings is 1. The number of aliphatic hydroxyl groups is 1. The lowest BCUT2D eigenvalue weighted by Crippen LogP contribution is -2.44. The Morgan fingerprint density at radius 3 is 2.96 bits per heavy atom. The van der Waals surface area contributed by atoms with E-state index in [1.54, 1.807) is 11.0 Å². The number of amides is 1. The molecule has 1 aromatic carbocycles. The van der Waals surface area contributed by atoms with Crippen LogP contribution in [0.15, 0.2) is 30.9 Å². The number of likely N-dealkylation sites (tertiary alicyclic amines) is 1. The summed E-state index contributed by atoms with van der Waals surface area (Å²) in [6.45, 7) is 0.698. The predicted molar refractivity (Wildman–Crippen MR) is 81.7 cm³/mol. The van der Waals surface area contributed by atoms with Gasteiger partial charge in [0.05, 0.1) is 0 Å². The summed E-state index contributed by atoms with van der Waals surface area (Å²) in [5.41, 5.74) is 0.570. The number of carbonyl (C=O) groups excluding carboxylic acids is 1. The molecule has 0 bridgehead atoms. The lowest BCUT2D eigenvalue weighted by Gasteiger charge is -2.35. The molecule has 6 nitrogen and oxygen atoms in total. The lowest BCUT2D eigenvalue weighted by atomic mass is 9.98. The molecule has 23 heavy (non-hydrogen) atoms. The van der Waals surface area contributed by atoms with Crippen molar-refractivity contribution in [2.75, 3.05) is 13.2 Å². The monoisotopic (exact) mass is 318 g/mol. The molecule has 1 aliphatic rings. The van der Waals surface area contributed by atoms with Gasteiger partial charge in [0.1, 0.15) is 24.2 Å². The van der Waals surface area contributed by atoms with Crippen molar-refractivity contribution in [2.45, 2.75) is 31.7 Å². The van der Waals surface area contributed by atoms with Gasteiger partial charge in [-0.15, -0.1) is 0 Å². The highest BCUT2D eigenvalue weighted by atomic mass is 19.1. The summed E-state index contributed by atoms with van der Waals surface area (Å²) < 4.78 is 15.6. The maximum Gasteiger partial charge on any atom is 0.254 e. The largest absolute Gasteiger partial charge is 0.396 e. The highest BCUT2D eigenvalue weighted by Gasteiger charge is 2.27. The lowest BCUT2D eigenvalue weighted by molar-refractivity contribution is 0.0574. The predicted octanol–water partition coefficient (Wildman–Crippen LogP) is 1.78. The van der Waals surface area contributed by atoms with Crippen molar-refractivity contribution >= 4 is 5.91 Å². The maximum atomic E-state index is 14.3. The van der Waals surface area contributed by atoms with E-state index in [9.17, 15) is 9.18 Å². The van der Waals surface area contributed by atoms with Gasteiger partial charge in [0, 0.05) is 24.8 Å². The minimum absolute atomic E-state index is 0.0271. The molecular formula is C16H19FN4O2. The number of aromatic nitrogens is 3. The van der Waals surface area contributed by atoms with E-state index in [1.807, 2.05) is 0 Å². The topological polar surface area (TPSA) is 71.2 Å². The zero-order chi connectivity index (χ0) is 16.2. The van der Waals surface area contributed by atoms with Crippen molar-refractivity contribution in [3.63, 3.8) is 0 Å². The Kier molecular flexibility index (Phi) is 4.66. The van der Waals surface area contributed by atoms with Gasteiger partial charge in [-0.25, -0.2) is 14.1 Å². The Labute approximate surface area is 133 Å². The van der Waals surface area contributed by atoms with Gasteiger partial charge in [-0.1, -0.05) is 0 Å². The van der Waals surface area contributed by atoms with Gasteiger partial charge in [-0.3, -0.25) is 4.79 Å². The Bertz CT molecular complexity index is 673. The van der Waals surface area contributed by atoms with Crippen LogP contribution in [0.3, 0.4) is 0 Å². The van der Waals surface area contributed by atoms with Crippen molar-refractivity contribution < 1.29 is 14.3 Å². The molecule has 0 radical (unpaired) electrons. The SMILES string of the molecule is O=C(c1ccc(-n2cncn2)c(F)c1)N1CCCCC1CCO. The Morgan fingerprint density at radius 2 is 2.26 bits per heavy atom. The molecule has 1 amide bonds. The van der Waals surface area contributed by atoms with Gasteiger partial charge in [0.15, 0.2) is 0 Å². The van der Waals surface area contributed by atoms with E-state index in [0.717, 1.165) is 19.3 Å². The average molecular weight is 318 g/mol. The summed E-state index contributed by atoms with van der Waals surface area (Å²) in [7, 11) is 0. The first kappa shape index (κ1) is 15.6. The maximum absolute atomic E-state index is 14.3. The zero-order valence-electron chi connectivity index (χ0n) is 12.7. The smallest absolute Gasteiger partial charge is 0.254 e. The molecular weight excluding hydrogens is 299 g/mol. The Balaban J connectivity index is 1.83. The molecule has 1 unspecified atom stereocenters. The average Bonchev–Trinajstić information content (AvgIpc) is 3.09. The minimum atomic E-state index is -0.517. The van der Waals surface area contributed by atoms with Gasteiger partial charge in [0.25, 0.3) is 5.91 Å². The minimum Gasteiger partial charge on any atom is -0.396 e. The quantitative estimate of drug-likeness (QED) is 0.933. The third-order valence-corrected chi connectivity index (χ3v) is 4.21. The second-order valence-corrected chi connectivity index (χ2v) is 5.67. The second kappa shape index (κ2) is 6.87. The molecule has 1 N–H and O–H groups in total. The number of hydrogen-bond donors (Lipinski definition) is 1. The van der Waals surface area contributed by atoms with E-state index < -0.39 is 5.82 Å². The number of carbonyl (C=O) groups is 1. The van der Waals surface area contributed by atoms with Crippen LogP contribution < -0.4 is 0 Å². The van der Waals surface area contributed by atoms with Crippen LogP contribution in [-0.4, -0.2) is 49.9 Å². The molecule has 0 saturated carbocycles. The molecule has 2 aromatic rings. The molecule has 1 aliphatic heterocycles. The van der Waals surface area contributed by atoms with E-state index in [0.29, 0.717) is 18.5 Å². The van der Waals surface area contributed by atoms with Crippen molar-refractivity contribution in [3.8, 4) is 5.69 Å². The summed E-state index contributed by atoms with van der Waals surface area (Å²) in [6, 6.07) is 4.40. The van der Waals surface area contributed by atoms with E-state index in [2.05, 4.69) is 10.1 Å². The van der Waals surface area contributed by atoms with Gasteiger partial charge in [-0.2, -0.15) is 5.10 Å². The summed E-state index contributed by atoms with van der Waals surface area (Å²) in [5.74, 6) is -0.704. The second-order valence-electron chi connectivity index (χ2n) is 5.67. The molecule has 0 aliphatic carbocycles. The van der Waals surface area contributed by atoms with E-state index in [4.69, 9.17) is 5.11 Å². The summed E-state index contributed by atoms with van der Waals surface area (Å²) in [4.78, 5) is 18.2. The van der Waals surface area contributed by atoms with Crippen LogP contribution in [0.2, 0.25) is 0 Å². The molecule has 7 heteroatoms. The molecule has 1 fully saturated rings. The fourth-order valence-electron chi connectivity index (χ4n) is 3.04. The molecule has 2 heterocycles. The van der Waals surface area contributed by atoms with Crippen LogP contribution in [-0.2, 0) is 0 Å². The number of aliphatic hydroxyl groups excluding tert-OH is 1. The van der Waals surface area contributed by atoms with Gasteiger partial charge in [0.2, 0.25) is 0 Å². The van der Waals surface area contributed by atoms with Crippen molar-refractivity contribution in [1.82, 2.24) is 19.7 Å². The standard InChI is InChI=1S/C16H19FN4O2/c17-14-9-12(4-5-15(14)21-11-18-10-19-21)16(23)20-7-2-1-3-13(20)6-8-22/h4-5,9-11,13,22H,1-3,6-8H2. The first-order chi connectivity index (χ1) is 11.2. The van der Waals surface area contributed by atoms with Crippen molar-refractivity contribution in [2.24, 2.45) is 0 Å². The zero-order valence-corrected chi connectivity index (χ0v) is 12.7. The number of hydrogen-bond acceptors (Lipinski definition) is 4. The number of rotatable bonds is 4. The number of halogens is 1. The van der Waals surface area contributed by atoms with E-state index in [-0.39, 0.29) is 24.2 Å². The highest BCUT2D eigenvalue weighted by Crippen LogP contribution is 2.23. The fourth-order valence-corrected chi connectivity index (χ4v) is 3.04. The summed E-state index contributed by atoms with van der Waals surface area (Å²) in [5, 5.41) is 13.1. The third kappa shape index (κ3) is 3.24. The van der Waals surface area contributed by atoms with E-state index in [1.165, 1.54) is 29.5 Å². The van der Waals surface area contributed by atoms with Crippen LogP contribution in [0.5, 0.6) is 0 Å². The highest BCUT2D eigenvalue weighted by molar-refractivity contribution is 5.94. The molecule has 1 atom stereocenters. The Hall–Kier alpha value is -2.28. The van der Waals surface area contributed by atoms with Crippen LogP contribution in [0, 0.1) is 5.82 Å². The summed E-state index contributed by atoms with van der Waals surface area (Å²) >= 11 is 0. The normalized spacial score (nSPS) is 18.2.